The predicted octanol–water partition coefficient (Wildman–Crippen LogP) is 0.714. The third-order valence-electron chi connectivity index (χ3n) is 2.72. The number of nitrogens with zero attached hydrogens (tertiary/aromatic N) is 1. The second kappa shape index (κ2) is 6.16. The maximum atomic E-state index is 11.5. The van der Waals surface area contributed by atoms with Crippen LogP contribution in [-0.4, -0.2) is 31.4 Å². The molecule has 1 aromatic carbocycles. The number of amides is 1. The average Bonchev–Trinajstić information content (AvgIpc) is 2.91. The molecule has 1 aromatic rings. The molecule has 2 rings (SSSR count). The highest BCUT2D eigenvalue weighted by Crippen LogP contribution is 2.11. The topological polar surface area (TPSA) is 79.5 Å². The fraction of sp³-hybridized carbons (Fsp3) is 0.385. The van der Waals surface area contributed by atoms with E-state index in [4.69, 9.17) is 5.73 Å². The Morgan fingerprint density at radius 3 is 2.78 bits per heavy atom. The van der Waals surface area contributed by atoms with Crippen molar-refractivity contribution in [2.75, 3.05) is 25.0 Å². The van der Waals surface area contributed by atoms with E-state index in [9.17, 15) is 4.79 Å². The highest BCUT2D eigenvalue weighted by Gasteiger charge is 2.08. The van der Waals surface area contributed by atoms with Crippen LogP contribution < -0.4 is 16.4 Å². The molecule has 5 heteroatoms. The molecule has 0 aromatic heterocycles. The minimum atomic E-state index is 0.00420. The van der Waals surface area contributed by atoms with Gasteiger partial charge in [-0.2, -0.15) is 0 Å². The quantitative estimate of drug-likeness (QED) is 0.716. The van der Waals surface area contributed by atoms with Crippen LogP contribution in [0.4, 0.5) is 5.69 Å². The molecule has 0 saturated heterocycles. The minimum Gasteiger partial charge on any atom is -0.368 e. The molecule has 0 aliphatic carbocycles. The number of rotatable bonds is 5. The lowest BCUT2D eigenvalue weighted by molar-refractivity contribution is -0.116. The maximum absolute atomic E-state index is 11.5. The van der Waals surface area contributed by atoms with Crippen molar-refractivity contribution in [1.29, 1.82) is 0 Å². The Bertz CT molecular complexity index is 439. The van der Waals surface area contributed by atoms with Gasteiger partial charge in [-0.1, -0.05) is 0 Å². The number of hydrogen-bond donors (Lipinski definition) is 3. The first-order valence-corrected chi connectivity index (χ1v) is 6.18. The van der Waals surface area contributed by atoms with Crippen LogP contribution in [0, 0.1) is 0 Å². The van der Waals surface area contributed by atoms with Crippen LogP contribution in [0.15, 0.2) is 29.3 Å². The summed E-state index contributed by atoms with van der Waals surface area (Å²) < 4.78 is 0. The molecule has 0 spiro atoms. The van der Waals surface area contributed by atoms with Crippen LogP contribution in [0.1, 0.15) is 18.4 Å². The summed E-state index contributed by atoms with van der Waals surface area (Å²) in [5.41, 5.74) is 7.21. The van der Waals surface area contributed by atoms with Crippen molar-refractivity contribution in [2.45, 2.75) is 12.8 Å². The van der Waals surface area contributed by atoms with Crippen molar-refractivity contribution in [3.05, 3.63) is 29.8 Å². The summed E-state index contributed by atoms with van der Waals surface area (Å²) >= 11 is 0. The van der Waals surface area contributed by atoms with Crippen molar-refractivity contribution >= 4 is 17.4 Å². The first-order chi connectivity index (χ1) is 8.79. The molecule has 1 amide bonds. The molecule has 0 radical (unpaired) electrons. The largest absolute Gasteiger partial charge is 0.368 e. The average molecular weight is 246 g/mol. The number of anilines is 1. The normalized spacial score (nSPS) is 13.9. The van der Waals surface area contributed by atoms with E-state index in [0.29, 0.717) is 19.4 Å². The molecule has 96 valence electrons. The van der Waals surface area contributed by atoms with Gasteiger partial charge >= 0.3 is 0 Å². The number of nitrogens with two attached hydrogens (primary N) is 1. The molecule has 4 N–H and O–H groups in total. The van der Waals surface area contributed by atoms with Crippen molar-refractivity contribution in [2.24, 2.45) is 10.7 Å². The zero-order chi connectivity index (χ0) is 12.8. The van der Waals surface area contributed by atoms with E-state index in [-0.39, 0.29) is 5.91 Å². The lowest BCUT2D eigenvalue weighted by Crippen LogP contribution is -2.19. The number of carbonyl (C=O) groups is 1. The Kier molecular flexibility index (Phi) is 4.30. The van der Waals surface area contributed by atoms with Crippen molar-refractivity contribution in [3.8, 4) is 0 Å². The summed E-state index contributed by atoms with van der Waals surface area (Å²) in [4.78, 5) is 15.9. The molecule has 0 unspecified atom stereocenters. The van der Waals surface area contributed by atoms with Gasteiger partial charge in [0.05, 0.1) is 6.54 Å². The Hall–Kier alpha value is -1.88. The Labute approximate surface area is 106 Å². The van der Waals surface area contributed by atoms with Gasteiger partial charge in [-0.05, 0) is 37.2 Å². The van der Waals surface area contributed by atoms with Crippen LogP contribution in [-0.2, 0) is 4.79 Å². The van der Waals surface area contributed by atoms with Gasteiger partial charge < -0.3 is 16.4 Å². The van der Waals surface area contributed by atoms with Crippen LogP contribution in [0.5, 0.6) is 0 Å². The zero-order valence-corrected chi connectivity index (χ0v) is 10.3. The number of nitrogens with one attached hydrogen (secondary N) is 2. The van der Waals surface area contributed by atoms with E-state index in [2.05, 4.69) is 15.6 Å². The molecular formula is C13H18N4O. The summed E-state index contributed by atoms with van der Waals surface area (Å²) in [7, 11) is 0. The van der Waals surface area contributed by atoms with Gasteiger partial charge in [0.1, 0.15) is 5.84 Å². The van der Waals surface area contributed by atoms with Crippen LogP contribution >= 0.6 is 0 Å². The second-order valence-corrected chi connectivity index (χ2v) is 4.17. The molecule has 1 aliphatic rings. The Morgan fingerprint density at radius 1 is 1.39 bits per heavy atom. The van der Waals surface area contributed by atoms with Crippen LogP contribution in [0.25, 0.3) is 0 Å². The fourth-order valence-corrected chi connectivity index (χ4v) is 1.79. The van der Waals surface area contributed by atoms with E-state index in [1.165, 1.54) is 0 Å². The molecule has 0 atom stereocenters. The third-order valence-corrected chi connectivity index (χ3v) is 2.72. The van der Waals surface area contributed by atoms with Gasteiger partial charge in [0.25, 0.3) is 0 Å². The Morgan fingerprint density at radius 2 is 2.17 bits per heavy atom. The Balaban J connectivity index is 1.93. The zero-order valence-electron chi connectivity index (χ0n) is 10.3. The molecule has 18 heavy (non-hydrogen) atoms. The van der Waals surface area contributed by atoms with Gasteiger partial charge in [-0.15, -0.1) is 0 Å². The SMILES string of the molecule is NCCCC(=O)Nc1ccc(C2=NCCN2)cc1. The molecule has 0 saturated carbocycles. The first kappa shape index (κ1) is 12.6. The number of benzene rings is 1. The monoisotopic (exact) mass is 246 g/mol. The van der Waals surface area contributed by atoms with Gasteiger partial charge in [0.15, 0.2) is 0 Å². The molecule has 0 fully saturated rings. The summed E-state index contributed by atoms with van der Waals surface area (Å²) in [6.07, 6.45) is 1.18. The van der Waals surface area contributed by atoms with Gasteiger partial charge in [0.2, 0.25) is 5.91 Å². The molecule has 5 nitrogen and oxygen atoms in total. The second-order valence-electron chi connectivity index (χ2n) is 4.17. The van der Waals surface area contributed by atoms with E-state index < -0.39 is 0 Å². The smallest absolute Gasteiger partial charge is 0.224 e. The lowest BCUT2D eigenvalue weighted by atomic mass is 10.2. The lowest BCUT2D eigenvalue weighted by Gasteiger charge is -2.06. The van der Waals surface area contributed by atoms with Gasteiger partial charge in [-0.25, -0.2) is 0 Å². The summed E-state index contributed by atoms with van der Waals surface area (Å²) in [6, 6.07) is 7.68. The standard InChI is InChI=1S/C13H18N4O/c14-7-1-2-12(18)17-11-5-3-10(4-6-11)13-15-8-9-16-13/h3-6H,1-2,7-9,14H2,(H,15,16)(H,17,18). The van der Waals surface area contributed by atoms with Crippen LogP contribution in [0.2, 0.25) is 0 Å². The molecule has 1 heterocycles. The van der Waals surface area contributed by atoms with Gasteiger partial charge in [0, 0.05) is 24.2 Å². The number of hydrogen-bond acceptors (Lipinski definition) is 4. The van der Waals surface area contributed by atoms with Crippen molar-refractivity contribution in [1.82, 2.24) is 5.32 Å². The minimum absolute atomic E-state index is 0.00420. The van der Waals surface area contributed by atoms with Gasteiger partial charge in [-0.3, -0.25) is 9.79 Å². The molecular weight excluding hydrogens is 228 g/mol. The summed E-state index contributed by atoms with van der Waals surface area (Å²) in [5, 5.41) is 6.05. The van der Waals surface area contributed by atoms with E-state index >= 15 is 0 Å². The van der Waals surface area contributed by atoms with E-state index in [1.807, 2.05) is 24.3 Å². The molecule has 0 bridgehead atoms. The van der Waals surface area contributed by atoms with Crippen molar-refractivity contribution in [3.63, 3.8) is 0 Å². The van der Waals surface area contributed by atoms with E-state index in [0.717, 1.165) is 30.2 Å². The number of amidine groups is 1. The maximum Gasteiger partial charge on any atom is 0.224 e. The third kappa shape index (κ3) is 3.30. The summed E-state index contributed by atoms with van der Waals surface area (Å²) in [5.74, 6) is 0.931. The number of aliphatic imine (C=N–C) groups is 1. The first-order valence-electron chi connectivity index (χ1n) is 6.18. The predicted molar refractivity (Wildman–Crippen MR) is 72.8 cm³/mol. The highest BCUT2D eigenvalue weighted by molar-refractivity contribution is 6.00. The van der Waals surface area contributed by atoms with E-state index in [1.54, 1.807) is 0 Å². The number of carbonyl (C=O) groups excluding carboxylic acids is 1. The highest BCUT2D eigenvalue weighted by atomic mass is 16.1. The van der Waals surface area contributed by atoms with Crippen LogP contribution in [0.3, 0.4) is 0 Å². The fourth-order valence-electron chi connectivity index (χ4n) is 1.79. The summed E-state index contributed by atoms with van der Waals surface area (Å²) in [6.45, 7) is 2.26. The molecule has 1 aliphatic heterocycles. The van der Waals surface area contributed by atoms with Crippen molar-refractivity contribution < 1.29 is 4.79 Å².